The van der Waals surface area contributed by atoms with Gasteiger partial charge in [0, 0.05) is 24.6 Å². The minimum absolute atomic E-state index is 0.296. The second kappa shape index (κ2) is 8.22. The molecule has 3 aromatic rings. The molecule has 2 aromatic carbocycles. The number of hydrogen-bond donors (Lipinski definition) is 2. The molecule has 0 aliphatic carbocycles. The molecule has 1 aromatic heterocycles. The molecule has 1 aliphatic rings. The number of rotatable bonds is 6. The van der Waals surface area contributed by atoms with E-state index in [1.54, 1.807) is 0 Å². The lowest BCUT2D eigenvalue weighted by Gasteiger charge is -2.24. The molecule has 0 bridgehead atoms. The summed E-state index contributed by atoms with van der Waals surface area (Å²) in [7, 11) is 2.10. The summed E-state index contributed by atoms with van der Waals surface area (Å²) in [4.78, 5) is 6.79. The van der Waals surface area contributed by atoms with Crippen molar-refractivity contribution in [1.82, 2.24) is 25.9 Å². The summed E-state index contributed by atoms with van der Waals surface area (Å²) in [5.41, 5.74) is 11.7. The molecule has 146 valence electrons. The molecule has 0 amide bonds. The van der Waals surface area contributed by atoms with Crippen molar-refractivity contribution in [2.45, 2.75) is 26.4 Å². The molecule has 0 radical (unpaired) electrons. The maximum atomic E-state index is 5.46. The minimum atomic E-state index is 0.296. The summed E-state index contributed by atoms with van der Waals surface area (Å²) in [6.07, 6.45) is 0. The number of aromatic nitrogens is 2. The first-order valence-electron chi connectivity index (χ1n) is 9.72. The van der Waals surface area contributed by atoms with Gasteiger partial charge >= 0.3 is 0 Å². The molecule has 0 spiro atoms. The molecule has 2 N–H and O–H groups in total. The van der Waals surface area contributed by atoms with Crippen LogP contribution in [0, 0.1) is 19.8 Å². The highest BCUT2D eigenvalue weighted by Gasteiger charge is 2.29. The topological polar surface area (TPSA) is 66.2 Å². The smallest absolute Gasteiger partial charge is 0.241 e. The zero-order valence-electron chi connectivity index (χ0n) is 16.6. The van der Waals surface area contributed by atoms with E-state index in [0.717, 1.165) is 18.7 Å². The van der Waals surface area contributed by atoms with Crippen LogP contribution in [-0.4, -0.2) is 35.2 Å². The van der Waals surface area contributed by atoms with Gasteiger partial charge in [0.2, 0.25) is 11.7 Å². The largest absolute Gasteiger partial charge is 0.338 e. The van der Waals surface area contributed by atoms with Gasteiger partial charge in [0.15, 0.2) is 0 Å². The van der Waals surface area contributed by atoms with Gasteiger partial charge in [-0.05, 0) is 37.6 Å². The highest BCUT2D eigenvalue weighted by atomic mass is 16.5. The van der Waals surface area contributed by atoms with E-state index in [0.29, 0.717) is 30.2 Å². The Morgan fingerprint density at radius 2 is 1.93 bits per heavy atom. The first kappa shape index (κ1) is 18.8. The number of hydrazine groups is 1. The third kappa shape index (κ3) is 4.14. The Balaban J connectivity index is 1.40. The molecule has 1 saturated heterocycles. The number of benzene rings is 2. The zero-order valence-corrected chi connectivity index (χ0v) is 16.6. The molecule has 2 unspecified atom stereocenters. The van der Waals surface area contributed by atoms with Crippen molar-refractivity contribution in [3.8, 4) is 11.4 Å². The predicted molar refractivity (Wildman–Crippen MR) is 109 cm³/mol. The molecule has 1 fully saturated rings. The Morgan fingerprint density at radius 3 is 2.71 bits per heavy atom. The van der Waals surface area contributed by atoms with E-state index in [-0.39, 0.29) is 0 Å². The van der Waals surface area contributed by atoms with Crippen LogP contribution in [0.5, 0.6) is 0 Å². The van der Waals surface area contributed by atoms with Gasteiger partial charge in [0.25, 0.3) is 0 Å². The van der Waals surface area contributed by atoms with E-state index in [9.17, 15) is 0 Å². The van der Waals surface area contributed by atoms with Crippen molar-refractivity contribution >= 4 is 0 Å². The van der Waals surface area contributed by atoms with E-state index < -0.39 is 0 Å². The Morgan fingerprint density at radius 1 is 1.11 bits per heavy atom. The van der Waals surface area contributed by atoms with Crippen LogP contribution < -0.4 is 10.9 Å². The average Bonchev–Trinajstić information content (AvgIpc) is 3.34. The van der Waals surface area contributed by atoms with Crippen LogP contribution in [0.3, 0.4) is 0 Å². The summed E-state index contributed by atoms with van der Waals surface area (Å²) in [6, 6.07) is 16.9. The Kier molecular flexibility index (Phi) is 5.52. The predicted octanol–water partition coefficient (Wildman–Crippen LogP) is 3.25. The molecule has 28 heavy (non-hydrogen) atoms. The first-order valence-corrected chi connectivity index (χ1v) is 9.72. The lowest BCUT2D eigenvalue weighted by atomic mass is 9.92. The number of nitrogens with zero attached hydrogens (tertiary/aromatic N) is 3. The van der Waals surface area contributed by atoms with Crippen molar-refractivity contribution < 1.29 is 4.52 Å². The van der Waals surface area contributed by atoms with Crippen LogP contribution in [0.4, 0.5) is 0 Å². The van der Waals surface area contributed by atoms with Gasteiger partial charge in [-0.3, -0.25) is 10.3 Å². The van der Waals surface area contributed by atoms with Crippen molar-refractivity contribution in [1.29, 1.82) is 0 Å². The number of nitrogens with one attached hydrogen (secondary N) is 2. The molecular weight excluding hydrogens is 350 g/mol. The van der Waals surface area contributed by atoms with Gasteiger partial charge in [-0.1, -0.05) is 53.7 Å². The Bertz CT molecular complexity index is 924. The normalized spacial score (nSPS) is 19.4. The zero-order chi connectivity index (χ0) is 19.5. The van der Waals surface area contributed by atoms with E-state index in [2.05, 4.69) is 65.0 Å². The van der Waals surface area contributed by atoms with Crippen LogP contribution >= 0.6 is 0 Å². The highest BCUT2D eigenvalue weighted by Crippen LogP contribution is 2.27. The van der Waals surface area contributed by atoms with Gasteiger partial charge in [0.05, 0.1) is 12.6 Å². The summed E-state index contributed by atoms with van der Waals surface area (Å²) >= 11 is 0. The second-order valence-corrected chi connectivity index (χ2v) is 7.68. The molecule has 0 saturated carbocycles. The first-order chi connectivity index (χ1) is 13.6. The van der Waals surface area contributed by atoms with E-state index in [4.69, 9.17) is 4.52 Å². The molecule has 2 atom stereocenters. The molecule has 6 heteroatoms. The molecule has 2 heterocycles. The summed E-state index contributed by atoms with van der Waals surface area (Å²) in [6.45, 7) is 6.82. The monoisotopic (exact) mass is 377 g/mol. The summed E-state index contributed by atoms with van der Waals surface area (Å²) < 4.78 is 5.46. The van der Waals surface area contributed by atoms with Crippen LogP contribution in [-0.2, 0) is 6.54 Å². The van der Waals surface area contributed by atoms with Crippen LogP contribution in [0.2, 0.25) is 0 Å². The van der Waals surface area contributed by atoms with Crippen molar-refractivity contribution in [3.05, 3.63) is 71.1 Å². The number of aryl methyl sites for hydroxylation is 2. The molecule has 1 aliphatic heterocycles. The molecule has 6 nitrogen and oxygen atoms in total. The Labute approximate surface area is 165 Å². The van der Waals surface area contributed by atoms with Crippen LogP contribution in [0.1, 0.15) is 28.6 Å². The molecular formula is C22H27N5O. The van der Waals surface area contributed by atoms with Gasteiger partial charge in [-0.25, -0.2) is 5.43 Å². The average molecular weight is 377 g/mol. The fourth-order valence-electron chi connectivity index (χ4n) is 3.74. The van der Waals surface area contributed by atoms with Gasteiger partial charge in [-0.15, -0.1) is 0 Å². The van der Waals surface area contributed by atoms with Crippen LogP contribution in [0.15, 0.2) is 53.1 Å². The summed E-state index contributed by atoms with van der Waals surface area (Å²) in [5, 5.41) is 4.11. The van der Waals surface area contributed by atoms with E-state index in [1.165, 1.54) is 16.7 Å². The molecule has 4 rings (SSSR count). The van der Waals surface area contributed by atoms with Gasteiger partial charge in [-0.2, -0.15) is 4.98 Å². The van der Waals surface area contributed by atoms with Gasteiger partial charge in [0.1, 0.15) is 0 Å². The lowest BCUT2D eigenvalue weighted by molar-refractivity contribution is 0.229. The quantitative estimate of drug-likeness (QED) is 0.687. The Hall–Kier alpha value is -2.54. The standard InChI is InChI=1S/C22H27N5O/c1-15-9-10-18(11-16(15)2)21-19(12-23-25-21)13-27(3)14-20-24-22(26-28-20)17-7-5-4-6-8-17/h4-11,19,21,23,25H,12-14H2,1-3H3. The number of hydrogen-bond acceptors (Lipinski definition) is 6. The highest BCUT2D eigenvalue weighted by molar-refractivity contribution is 5.53. The van der Waals surface area contributed by atoms with Crippen molar-refractivity contribution in [3.63, 3.8) is 0 Å². The van der Waals surface area contributed by atoms with Crippen molar-refractivity contribution in [2.75, 3.05) is 20.1 Å². The van der Waals surface area contributed by atoms with Gasteiger partial charge < -0.3 is 4.52 Å². The van der Waals surface area contributed by atoms with E-state index in [1.807, 2.05) is 30.3 Å². The maximum Gasteiger partial charge on any atom is 0.241 e. The van der Waals surface area contributed by atoms with Crippen LogP contribution in [0.25, 0.3) is 11.4 Å². The third-order valence-corrected chi connectivity index (χ3v) is 5.43. The SMILES string of the molecule is Cc1ccc(C2NNCC2CN(C)Cc2nc(-c3ccccc3)no2)cc1C. The van der Waals surface area contributed by atoms with E-state index >= 15 is 0 Å². The second-order valence-electron chi connectivity index (χ2n) is 7.68. The van der Waals surface area contributed by atoms with Crippen molar-refractivity contribution in [2.24, 2.45) is 5.92 Å². The fraction of sp³-hybridized carbons (Fsp3) is 0.364. The fourth-order valence-corrected chi connectivity index (χ4v) is 3.74. The third-order valence-electron chi connectivity index (χ3n) is 5.43. The minimum Gasteiger partial charge on any atom is -0.338 e. The summed E-state index contributed by atoms with van der Waals surface area (Å²) in [5.74, 6) is 1.74. The maximum absolute atomic E-state index is 5.46. The lowest BCUT2D eigenvalue weighted by Crippen LogP contribution is -2.30.